The van der Waals surface area contributed by atoms with Crippen molar-refractivity contribution in [2.45, 2.75) is 59.5 Å². The Morgan fingerprint density at radius 2 is 1.85 bits per heavy atom. The second-order valence-corrected chi connectivity index (χ2v) is 11.6. The maximum absolute atomic E-state index is 8.22. The molecule has 1 aliphatic heterocycles. The standard InChI is InChI=1S/C28H39N11/c1-17-5-6-18(15-32-22(30)14-21(29)28(2,3)4)13-20(17)35-26-24-23(33-16-34-26)25(31)37-27(36-24)39-11-9-38(10-12-39)19-7-8-19/h5-6,13,16,19,29H,7-12,14-15H2,1-4H3,(H2,30,32)(H2,31,36,37)(H,33,34,35). The average Bonchev–Trinajstić information content (AvgIpc) is 3.75. The molecular formula is C28H39N11. The quantitative estimate of drug-likeness (QED) is 0.252. The van der Waals surface area contributed by atoms with E-state index in [-0.39, 0.29) is 5.41 Å². The van der Waals surface area contributed by atoms with E-state index in [1.54, 1.807) is 0 Å². The molecule has 3 aromatic rings. The van der Waals surface area contributed by atoms with Crippen molar-refractivity contribution in [2.75, 3.05) is 42.1 Å². The molecule has 0 spiro atoms. The zero-order chi connectivity index (χ0) is 27.7. The van der Waals surface area contributed by atoms with Crippen LogP contribution in [0.2, 0.25) is 0 Å². The molecule has 0 bridgehead atoms. The number of nitrogens with one attached hydrogen (secondary N) is 2. The van der Waals surface area contributed by atoms with E-state index >= 15 is 0 Å². The molecule has 2 fully saturated rings. The lowest BCUT2D eigenvalue weighted by molar-refractivity contribution is 0.247. The summed E-state index contributed by atoms with van der Waals surface area (Å²) in [6, 6.07) is 6.87. The van der Waals surface area contributed by atoms with Crippen LogP contribution in [0.15, 0.2) is 29.5 Å². The van der Waals surface area contributed by atoms with Crippen LogP contribution in [0, 0.1) is 17.7 Å². The largest absolute Gasteiger partial charge is 0.387 e. The lowest BCUT2D eigenvalue weighted by Gasteiger charge is -2.34. The van der Waals surface area contributed by atoms with Crippen LogP contribution in [0.25, 0.3) is 11.0 Å². The van der Waals surface area contributed by atoms with Crippen LogP contribution in [0.3, 0.4) is 0 Å². The van der Waals surface area contributed by atoms with Crippen LogP contribution < -0.4 is 21.7 Å². The molecule has 39 heavy (non-hydrogen) atoms. The summed E-state index contributed by atoms with van der Waals surface area (Å²) in [5.74, 6) is 2.00. The van der Waals surface area contributed by atoms with Gasteiger partial charge >= 0.3 is 0 Å². The summed E-state index contributed by atoms with van der Waals surface area (Å²) in [7, 11) is 0. The first-order valence-corrected chi connectivity index (χ1v) is 13.6. The summed E-state index contributed by atoms with van der Waals surface area (Å²) in [6.07, 6.45) is 4.47. The topological polar surface area (TPSA) is 158 Å². The summed E-state index contributed by atoms with van der Waals surface area (Å²) in [6.45, 7) is 12.3. The minimum atomic E-state index is -0.223. The van der Waals surface area contributed by atoms with Gasteiger partial charge in [0.2, 0.25) is 5.95 Å². The van der Waals surface area contributed by atoms with Crippen LogP contribution in [0.1, 0.15) is 51.2 Å². The number of benzene rings is 1. The van der Waals surface area contributed by atoms with E-state index in [1.807, 2.05) is 45.9 Å². The third kappa shape index (κ3) is 6.25. The van der Waals surface area contributed by atoms with Crippen LogP contribution in [-0.2, 0) is 6.54 Å². The Kier molecular flexibility index (Phi) is 7.35. The zero-order valence-corrected chi connectivity index (χ0v) is 23.3. The van der Waals surface area contributed by atoms with Crippen LogP contribution in [-0.4, -0.2) is 68.6 Å². The van der Waals surface area contributed by atoms with E-state index in [0.717, 1.165) is 49.0 Å². The first-order chi connectivity index (χ1) is 18.6. The minimum absolute atomic E-state index is 0.223. The molecule has 6 N–H and O–H groups in total. The molecule has 0 atom stereocenters. The maximum atomic E-state index is 8.22. The van der Waals surface area contributed by atoms with E-state index < -0.39 is 0 Å². The number of fused-ring (bicyclic) bond motifs is 1. The van der Waals surface area contributed by atoms with Crippen molar-refractivity contribution in [2.24, 2.45) is 16.1 Å². The van der Waals surface area contributed by atoms with Crippen molar-refractivity contribution < 1.29 is 0 Å². The number of aromatic nitrogens is 4. The molecule has 206 valence electrons. The molecule has 2 aliphatic rings. The highest BCUT2D eigenvalue weighted by molar-refractivity contribution is 6.03. The second-order valence-electron chi connectivity index (χ2n) is 11.6. The monoisotopic (exact) mass is 529 g/mol. The maximum Gasteiger partial charge on any atom is 0.228 e. The third-order valence-electron chi connectivity index (χ3n) is 7.44. The van der Waals surface area contributed by atoms with Gasteiger partial charge in [-0.3, -0.25) is 9.89 Å². The Bertz CT molecular complexity index is 1400. The third-order valence-corrected chi connectivity index (χ3v) is 7.44. The van der Waals surface area contributed by atoms with Gasteiger partial charge in [-0.15, -0.1) is 0 Å². The Hall–Kier alpha value is -3.86. The lowest BCUT2D eigenvalue weighted by atomic mass is 9.88. The van der Waals surface area contributed by atoms with E-state index in [9.17, 15) is 0 Å². The van der Waals surface area contributed by atoms with Gasteiger partial charge in [-0.2, -0.15) is 4.98 Å². The van der Waals surface area contributed by atoms with Crippen LogP contribution >= 0.6 is 0 Å². The van der Waals surface area contributed by atoms with Gasteiger partial charge in [0, 0.05) is 50.0 Å². The van der Waals surface area contributed by atoms with E-state index in [0.29, 0.717) is 53.1 Å². The van der Waals surface area contributed by atoms with Gasteiger partial charge in [0.15, 0.2) is 11.6 Å². The summed E-state index contributed by atoms with van der Waals surface area (Å²) in [4.78, 5) is 27.6. The Morgan fingerprint density at radius 1 is 1.10 bits per heavy atom. The molecule has 1 saturated carbocycles. The van der Waals surface area contributed by atoms with E-state index in [1.165, 1.54) is 19.2 Å². The van der Waals surface area contributed by atoms with Gasteiger partial charge in [-0.1, -0.05) is 32.9 Å². The summed E-state index contributed by atoms with van der Waals surface area (Å²) >= 11 is 0. The number of nitrogen functional groups attached to an aromatic ring is 1. The number of nitrogens with two attached hydrogens (primary N) is 2. The number of aliphatic imine (C=N–C) groups is 1. The number of rotatable bonds is 8. The molecule has 11 heteroatoms. The van der Waals surface area contributed by atoms with Gasteiger partial charge in [0.25, 0.3) is 0 Å². The van der Waals surface area contributed by atoms with Crippen molar-refractivity contribution in [1.82, 2.24) is 24.8 Å². The van der Waals surface area contributed by atoms with E-state index in [4.69, 9.17) is 21.9 Å². The Morgan fingerprint density at radius 3 is 2.54 bits per heavy atom. The van der Waals surface area contributed by atoms with Crippen molar-refractivity contribution in [3.63, 3.8) is 0 Å². The molecular weight excluding hydrogens is 490 g/mol. The van der Waals surface area contributed by atoms with Crippen molar-refractivity contribution >= 4 is 45.9 Å². The molecule has 1 aromatic carbocycles. The smallest absolute Gasteiger partial charge is 0.228 e. The van der Waals surface area contributed by atoms with Gasteiger partial charge < -0.3 is 27.1 Å². The number of piperazine rings is 1. The highest BCUT2D eigenvalue weighted by Gasteiger charge is 2.32. The molecule has 0 unspecified atom stereocenters. The molecule has 0 radical (unpaired) electrons. The zero-order valence-electron chi connectivity index (χ0n) is 23.3. The highest BCUT2D eigenvalue weighted by atomic mass is 15.3. The number of anilines is 4. The van der Waals surface area contributed by atoms with Crippen molar-refractivity contribution in [3.05, 3.63) is 35.7 Å². The fourth-order valence-corrected chi connectivity index (χ4v) is 4.64. The predicted molar refractivity (Wildman–Crippen MR) is 158 cm³/mol. The number of amidine groups is 1. The molecule has 2 aromatic heterocycles. The van der Waals surface area contributed by atoms with Gasteiger partial charge in [0.05, 0.1) is 12.4 Å². The van der Waals surface area contributed by atoms with Crippen molar-refractivity contribution in [3.8, 4) is 0 Å². The fourth-order valence-electron chi connectivity index (χ4n) is 4.64. The molecule has 11 nitrogen and oxygen atoms in total. The normalized spacial score (nSPS) is 17.0. The second kappa shape index (κ2) is 10.7. The van der Waals surface area contributed by atoms with Gasteiger partial charge in [-0.05, 0) is 42.4 Å². The first kappa shape index (κ1) is 26.7. The molecule has 1 aliphatic carbocycles. The van der Waals surface area contributed by atoms with Crippen molar-refractivity contribution in [1.29, 1.82) is 5.41 Å². The lowest BCUT2D eigenvalue weighted by Crippen LogP contribution is -2.47. The highest BCUT2D eigenvalue weighted by Crippen LogP contribution is 2.30. The number of nitrogens with zero attached hydrogens (tertiary/aromatic N) is 7. The molecule has 0 amide bonds. The molecule has 3 heterocycles. The average molecular weight is 530 g/mol. The summed E-state index contributed by atoms with van der Waals surface area (Å²) in [5.41, 5.74) is 16.9. The molecule has 5 rings (SSSR count). The van der Waals surface area contributed by atoms with E-state index in [2.05, 4.69) is 35.1 Å². The number of hydrogen-bond acceptors (Lipinski definition) is 10. The predicted octanol–water partition coefficient (Wildman–Crippen LogP) is 3.65. The SMILES string of the molecule is Cc1ccc(CN=C(N)CC(=N)C(C)(C)C)cc1Nc1ncnc2c(N)nc(N3CCN(C4CC4)CC3)nc12. The summed E-state index contributed by atoms with van der Waals surface area (Å²) in [5, 5.41) is 11.7. The van der Waals surface area contributed by atoms with Gasteiger partial charge in [-0.25, -0.2) is 15.0 Å². The van der Waals surface area contributed by atoms with Crippen LogP contribution in [0.4, 0.5) is 23.3 Å². The fraction of sp³-hybridized carbons (Fsp3) is 0.500. The molecule has 1 saturated heterocycles. The summed E-state index contributed by atoms with van der Waals surface area (Å²) < 4.78 is 0. The Balaban J connectivity index is 1.35. The number of aryl methyl sites for hydroxylation is 1. The Labute approximate surface area is 229 Å². The van der Waals surface area contributed by atoms with Crippen LogP contribution in [0.5, 0.6) is 0 Å². The minimum Gasteiger partial charge on any atom is -0.387 e. The first-order valence-electron chi connectivity index (χ1n) is 13.6. The number of hydrogen-bond donors (Lipinski definition) is 4. The van der Waals surface area contributed by atoms with Gasteiger partial charge in [0.1, 0.15) is 17.4 Å².